The summed E-state index contributed by atoms with van der Waals surface area (Å²) < 4.78 is 36.2. The Labute approximate surface area is 76.9 Å². The molecule has 1 unspecified atom stereocenters. The van der Waals surface area contributed by atoms with Gasteiger partial charge in [0, 0.05) is 0 Å². The number of unbranched alkanes of at least 4 members (excludes halogenated alkanes) is 4. The quantitative estimate of drug-likeness (QED) is 0.622. The van der Waals surface area contributed by atoms with Crippen molar-refractivity contribution in [1.29, 1.82) is 0 Å². The molecule has 4 heteroatoms. The highest BCUT2D eigenvalue weighted by atomic mass is 19.3. The van der Waals surface area contributed by atoms with Crippen LogP contribution < -0.4 is 0 Å². The van der Waals surface area contributed by atoms with Gasteiger partial charge in [0.2, 0.25) is 0 Å². The summed E-state index contributed by atoms with van der Waals surface area (Å²) in [5.41, 5.74) is 0. The first-order valence-electron chi connectivity index (χ1n) is 4.72. The van der Waals surface area contributed by atoms with Crippen molar-refractivity contribution in [3.05, 3.63) is 0 Å². The number of aliphatic hydroxyl groups is 1. The van der Waals surface area contributed by atoms with E-state index in [1.807, 2.05) is 6.92 Å². The van der Waals surface area contributed by atoms with Crippen LogP contribution >= 0.6 is 0 Å². The maximum absolute atomic E-state index is 12.4. The number of hydrogen-bond donors (Lipinski definition) is 1. The second-order valence-electron chi connectivity index (χ2n) is 3.26. The monoisotopic (exact) mass is 198 g/mol. The molecule has 0 spiro atoms. The van der Waals surface area contributed by atoms with Gasteiger partial charge in [-0.3, -0.25) is 0 Å². The lowest BCUT2D eigenvalue weighted by Gasteiger charge is -2.13. The van der Waals surface area contributed by atoms with Crippen LogP contribution in [0.2, 0.25) is 0 Å². The van der Waals surface area contributed by atoms with Gasteiger partial charge in [0.25, 0.3) is 0 Å². The highest BCUT2D eigenvalue weighted by molar-refractivity contribution is 4.64. The molecule has 0 aliphatic rings. The molecule has 0 aromatic heterocycles. The molecule has 0 saturated carbocycles. The Bertz CT molecular complexity index is 123. The summed E-state index contributed by atoms with van der Waals surface area (Å²) in [4.78, 5) is 0. The Kier molecular flexibility index (Phi) is 6.12. The minimum Gasteiger partial charge on any atom is -0.334 e. The van der Waals surface area contributed by atoms with Gasteiger partial charge in [-0.05, 0) is 6.42 Å². The standard InChI is InChI=1S/C9H17F3O/c1-2-3-4-5-6-7-8(10)9(11,12)13/h8,13H,2-7H2,1H3. The molecular formula is C9H17F3O. The Morgan fingerprint density at radius 1 is 1.15 bits per heavy atom. The summed E-state index contributed by atoms with van der Waals surface area (Å²) in [6, 6.07) is 0. The molecule has 0 bridgehead atoms. The highest BCUT2D eigenvalue weighted by Crippen LogP contribution is 2.22. The first kappa shape index (κ1) is 12.8. The Morgan fingerprint density at radius 3 is 2.15 bits per heavy atom. The minimum absolute atomic E-state index is 0.257. The number of hydrogen-bond acceptors (Lipinski definition) is 1. The molecule has 0 aliphatic heterocycles. The molecule has 0 aromatic rings. The van der Waals surface area contributed by atoms with E-state index in [1.54, 1.807) is 0 Å². The second-order valence-corrected chi connectivity index (χ2v) is 3.26. The van der Waals surface area contributed by atoms with Crippen molar-refractivity contribution in [1.82, 2.24) is 0 Å². The summed E-state index contributed by atoms with van der Waals surface area (Å²) >= 11 is 0. The van der Waals surface area contributed by atoms with Crippen LogP contribution in [0, 0.1) is 0 Å². The molecule has 0 rings (SSSR count). The Balaban J connectivity index is 3.32. The summed E-state index contributed by atoms with van der Waals surface area (Å²) in [6.07, 6.45) is -2.60. The van der Waals surface area contributed by atoms with Crippen LogP contribution in [0.4, 0.5) is 13.2 Å². The van der Waals surface area contributed by atoms with E-state index in [2.05, 4.69) is 0 Å². The number of alkyl halides is 3. The zero-order chi connectivity index (χ0) is 10.3. The van der Waals surface area contributed by atoms with Gasteiger partial charge in [-0.25, -0.2) is 4.39 Å². The van der Waals surface area contributed by atoms with Gasteiger partial charge in [-0.2, -0.15) is 8.78 Å². The van der Waals surface area contributed by atoms with E-state index in [4.69, 9.17) is 5.11 Å². The van der Waals surface area contributed by atoms with Gasteiger partial charge >= 0.3 is 6.11 Å². The average molecular weight is 198 g/mol. The van der Waals surface area contributed by atoms with Crippen molar-refractivity contribution in [2.24, 2.45) is 0 Å². The van der Waals surface area contributed by atoms with Crippen LogP contribution in [0.5, 0.6) is 0 Å². The van der Waals surface area contributed by atoms with E-state index in [-0.39, 0.29) is 6.42 Å². The predicted octanol–water partition coefficient (Wildman–Crippen LogP) is 3.27. The topological polar surface area (TPSA) is 20.2 Å². The lowest BCUT2D eigenvalue weighted by molar-refractivity contribution is -0.241. The summed E-state index contributed by atoms with van der Waals surface area (Å²) in [5, 5.41) is 7.98. The van der Waals surface area contributed by atoms with Crippen molar-refractivity contribution in [3.63, 3.8) is 0 Å². The first-order chi connectivity index (χ1) is 5.98. The van der Waals surface area contributed by atoms with Crippen LogP contribution in [-0.2, 0) is 0 Å². The van der Waals surface area contributed by atoms with E-state index in [1.165, 1.54) is 0 Å². The smallest absolute Gasteiger partial charge is 0.334 e. The third kappa shape index (κ3) is 6.87. The second kappa shape index (κ2) is 6.24. The van der Waals surface area contributed by atoms with E-state index in [9.17, 15) is 13.2 Å². The predicted molar refractivity (Wildman–Crippen MR) is 45.4 cm³/mol. The largest absolute Gasteiger partial charge is 0.384 e. The van der Waals surface area contributed by atoms with Gasteiger partial charge in [0.05, 0.1) is 0 Å². The lowest BCUT2D eigenvalue weighted by atomic mass is 10.1. The molecule has 0 saturated heterocycles. The van der Waals surface area contributed by atoms with Gasteiger partial charge < -0.3 is 5.11 Å². The van der Waals surface area contributed by atoms with Gasteiger partial charge in [0.15, 0.2) is 6.17 Å². The van der Waals surface area contributed by atoms with Crippen molar-refractivity contribution < 1.29 is 18.3 Å². The molecule has 1 nitrogen and oxygen atoms in total. The molecule has 80 valence electrons. The van der Waals surface area contributed by atoms with Crippen LogP contribution in [-0.4, -0.2) is 17.4 Å². The van der Waals surface area contributed by atoms with Crippen LogP contribution in [0.25, 0.3) is 0 Å². The zero-order valence-corrected chi connectivity index (χ0v) is 7.90. The third-order valence-electron chi connectivity index (χ3n) is 1.94. The molecule has 0 aliphatic carbocycles. The number of rotatable bonds is 7. The SMILES string of the molecule is CCCCCCCC(F)C(O)(F)F. The van der Waals surface area contributed by atoms with E-state index in [0.717, 1.165) is 25.7 Å². The summed E-state index contributed by atoms with van der Waals surface area (Å²) in [5.74, 6) is 0. The molecule has 13 heavy (non-hydrogen) atoms. The van der Waals surface area contributed by atoms with E-state index >= 15 is 0 Å². The molecule has 0 heterocycles. The Hall–Kier alpha value is -0.250. The van der Waals surface area contributed by atoms with Crippen molar-refractivity contribution in [2.75, 3.05) is 0 Å². The zero-order valence-electron chi connectivity index (χ0n) is 7.90. The number of halogens is 3. The van der Waals surface area contributed by atoms with Crippen LogP contribution in [0.1, 0.15) is 45.4 Å². The summed E-state index contributed by atoms with van der Waals surface area (Å²) in [6.45, 7) is 2.04. The molecule has 0 fully saturated rings. The van der Waals surface area contributed by atoms with Gasteiger partial charge in [-0.1, -0.05) is 39.0 Å². The first-order valence-corrected chi connectivity index (χ1v) is 4.72. The van der Waals surface area contributed by atoms with Crippen molar-refractivity contribution in [3.8, 4) is 0 Å². The van der Waals surface area contributed by atoms with Crippen LogP contribution in [0.15, 0.2) is 0 Å². The minimum atomic E-state index is -4.16. The Morgan fingerprint density at radius 2 is 1.69 bits per heavy atom. The molecule has 0 aromatic carbocycles. The van der Waals surface area contributed by atoms with Gasteiger partial charge in [-0.15, -0.1) is 0 Å². The lowest BCUT2D eigenvalue weighted by Crippen LogP contribution is -2.29. The average Bonchev–Trinajstić information content (AvgIpc) is 2.02. The molecular weight excluding hydrogens is 181 g/mol. The van der Waals surface area contributed by atoms with E-state index in [0.29, 0.717) is 6.42 Å². The third-order valence-corrected chi connectivity index (χ3v) is 1.94. The van der Waals surface area contributed by atoms with Crippen molar-refractivity contribution in [2.45, 2.75) is 57.7 Å². The maximum atomic E-state index is 12.4. The molecule has 0 amide bonds. The van der Waals surface area contributed by atoms with E-state index < -0.39 is 12.3 Å². The fraction of sp³-hybridized carbons (Fsp3) is 1.00. The molecule has 0 radical (unpaired) electrons. The molecule has 1 N–H and O–H groups in total. The highest BCUT2D eigenvalue weighted by Gasteiger charge is 2.36. The van der Waals surface area contributed by atoms with Crippen LogP contribution in [0.3, 0.4) is 0 Å². The van der Waals surface area contributed by atoms with Gasteiger partial charge in [0.1, 0.15) is 0 Å². The molecule has 1 atom stereocenters. The fourth-order valence-corrected chi connectivity index (χ4v) is 1.10. The fourth-order valence-electron chi connectivity index (χ4n) is 1.10. The maximum Gasteiger partial charge on any atom is 0.384 e. The normalized spacial score (nSPS) is 14.5. The van der Waals surface area contributed by atoms with Crippen molar-refractivity contribution >= 4 is 0 Å². The summed E-state index contributed by atoms with van der Waals surface area (Å²) in [7, 11) is 0.